The molecule has 0 bridgehead atoms. The first-order chi connectivity index (χ1) is 10.6. The van der Waals surface area contributed by atoms with E-state index in [0.29, 0.717) is 26.2 Å². The Balaban J connectivity index is 1.46. The van der Waals surface area contributed by atoms with Gasteiger partial charge in [-0.25, -0.2) is 4.79 Å². The zero-order valence-corrected chi connectivity index (χ0v) is 12.7. The highest BCUT2D eigenvalue weighted by atomic mass is 16.6. The van der Waals surface area contributed by atoms with Crippen LogP contribution in [0.2, 0.25) is 0 Å². The van der Waals surface area contributed by atoms with Crippen molar-refractivity contribution in [1.29, 1.82) is 0 Å². The number of ether oxygens (including phenoxy) is 1. The molecule has 0 unspecified atom stereocenters. The van der Waals surface area contributed by atoms with Crippen molar-refractivity contribution >= 4 is 12.0 Å². The van der Waals surface area contributed by atoms with Crippen molar-refractivity contribution in [3.05, 3.63) is 35.9 Å². The number of carbonyl (C=O) groups excluding carboxylic acids is 2. The molecule has 2 aliphatic heterocycles. The first-order valence-corrected chi connectivity index (χ1v) is 7.53. The van der Waals surface area contributed by atoms with Gasteiger partial charge in [-0.2, -0.15) is 0 Å². The molecule has 6 nitrogen and oxygen atoms in total. The Bertz CT molecular complexity index is 563. The lowest BCUT2D eigenvalue weighted by atomic mass is 10.0. The van der Waals surface area contributed by atoms with E-state index in [1.54, 1.807) is 11.9 Å². The van der Waals surface area contributed by atoms with Crippen molar-refractivity contribution in [2.24, 2.45) is 0 Å². The molecule has 3 rings (SSSR count). The summed E-state index contributed by atoms with van der Waals surface area (Å²) in [6, 6.07) is 9.83. The molecule has 2 fully saturated rings. The normalized spacial score (nSPS) is 24.8. The maximum Gasteiger partial charge on any atom is 0.410 e. The summed E-state index contributed by atoms with van der Waals surface area (Å²) in [6.45, 7) is 2.89. The first-order valence-electron chi connectivity index (χ1n) is 7.53. The van der Waals surface area contributed by atoms with Crippen LogP contribution in [0.3, 0.4) is 0 Å². The average Bonchev–Trinajstić information content (AvgIpc) is 3.01. The molecule has 118 valence electrons. The van der Waals surface area contributed by atoms with E-state index in [0.717, 1.165) is 18.5 Å². The number of benzene rings is 1. The third-order valence-electron chi connectivity index (χ3n) is 4.24. The second kappa shape index (κ2) is 5.96. The van der Waals surface area contributed by atoms with Crippen LogP contribution in [0.4, 0.5) is 4.79 Å². The number of likely N-dealkylation sites (tertiary alicyclic amines) is 1. The van der Waals surface area contributed by atoms with Gasteiger partial charge in [0.05, 0.1) is 13.1 Å². The zero-order chi connectivity index (χ0) is 15.6. The lowest BCUT2D eigenvalue weighted by Crippen LogP contribution is -2.40. The van der Waals surface area contributed by atoms with E-state index in [1.165, 1.54) is 0 Å². The van der Waals surface area contributed by atoms with Gasteiger partial charge >= 0.3 is 6.09 Å². The van der Waals surface area contributed by atoms with Crippen LogP contribution in [-0.2, 0) is 16.1 Å². The number of hydrogen-bond acceptors (Lipinski definition) is 4. The molecule has 1 spiro atoms. The Labute approximate surface area is 130 Å². The predicted molar refractivity (Wildman–Crippen MR) is 81.2 cm³/mol. The van der Waals surface area contributed by atoms with E-state index < -0.39 is 5.60 Å². The van der Waals surface area contributed by atoms with Gasteiger partial charge in [0.1, 0.15) is 5.60 Å². The van der Waals surface area contributed by atoms with Gasteiger partial charge in [-0.15, -0.1) is 0 Å². The Morgan fingerprint density at radius 3 is 2.77 bits per heavy atom. The topological polar surface area (TPSA) is 61.9 Å². The molecule has 1 aromatic carbocycles. The summed E-state index contributed by atoms with van der Waals surface area (Å²) in [5.41, 5.74) is 0.658. The van der Waals surface area contributed by atoms with Crippen LogP contribution in [0.5, 0.6) is 0 Å². The highest BCUT2D eigenvalue weighted by Crippen LogP contribution is 2.31. The smallest absolute Gasteiger partial charge is 0.410 e. The summed E-state index contributed by atoms with van der Waals surface area (Å²) < 4.78 is 5.48. The SMILES string of the molecule is CN1C[C@]2(CCN(CC(=O)NCc3ccccc3)C2)OC1=O. The van der Waals surface area contributed by atoms with Crippen LogP contribution in [-0.4, -0.2) is 60.6 Å². The molecule has 0 saturated carbocycles. The summed E-state index contributed by atoms with van der Waals surface area (Å²) >= 11 is 0. The third-order valence-corrected chi connectivity index (χ3v) is 4.24. The van der Waals surface area contributed by atoms with Crippen LogP contribution in [0, 0.1) is 0 Å². The molecule has 2 amide bonds. The number of nitrogens with zero attached hydrogens (tertiary/aromatic N) is 2. The van der Waals surface area contributed by atoms with Gasteiger partial charge in [-0.1, -0.05) is 30.3 Å². The Morgan fingerprint density at radius 1 is 1.32 bits per heavy atom. The third kappa shape index (κ3) is 3.22. The molecule has 22 heavy (non-hydrogen) atoms. The lowest BCUT2D eigenvalue weighted by molar-refractivity contribution is -0.122. The minimum atomic E-state index is -0.425. The average molecular weight is 303 g/mol. The zero-order valence-electron chi connectivity index (χ0n) is 12.7. The van der Waals surface area contributed by atoms with Gasteiger partial charge in [0.15, 0.2) is 0 Å². The monoisotopic (exact) mass is 303 g/mol. The van der Waals surface area contributed by atoms with Gasteiger partial charge in [0.25, 0.3) is 0 Å². The summed E-state index contributed by atoms with van der Waals surface area (Å²) in [5.74, 6) is -0.00131. The van der Waals surface area contributed by atoms with Crippen LogP contribution in [0.25, 0.3) is 0 Å². The fourth-order valence-corrected chi connectivity index (χ4v) is 3.12. The summed E-state index contributed by atoms with van der Waals surface area (Å²) in [4.78, 5) is 27.2. The first kappa shape index (κ1) is 14.8. The number of hydrogen-bond donors (Lipinski definition) is 1. The van der Waals surface area contributed by atoms with Crippen LogP contribution >= 0.6 is 0 Å². The number of carbonyl (C=O) groups is 2. The molecular formula is C16H21N3O3. The predicted octanol–water partition coefficient (Wildman–Crippen LogP) is 0.829. The molecule has 2 aliphatic rings. The minimum absolute atomic E-state index is 0.00131. The molecule has 0 aromatic heterocycles. The summed E-state index contributed by atoms with van der Waals surface area (Å²) in [6.07, 6.45) is 0.519. The number of amides is 2. The highest BCUT2D eigenvalue weighted by molar-refractivity contribution is 5.78. The van der Waals surface area contributed by atoms with E-state index in [2.05, 4.69) is 5.32 Å². The molecule has 1 atom stereocenters. The van der Waals surface area contributed by atoms with Crippen molar-refractivity contribution in [2.75, 3.05) is 33.2 Å². The molecular weight excluding hydrogens is 282 g/mol. The molecule has 0 radical (unpaired) electrons. The molecule has 0 aliphatic carbocycles. The van der Waals surface area contributed by atoms with Gasteiger partial charge in [-0.05, 0) is 5.56 Å². The van der Waals surface area contributed by atoms with Crippen molar-refractivity contribution in [1.82, 2.24) is 15.1 Å². The highest BCUT2D eigenvalue weighted by Gasteiger charge is 2.48. The van der Waals surface area contributed by atoms with E-state index in [4.69, 9.17) is 4.74 Å². The Hall–Kier alpha value is -2.08. The largest absolute Gasteiger partial charge is 0.439 e. The maximum atomic E-state index is 12.0. The molecule has 1 aromatic rings. The standard InChI is InChI=1S/C16H21N3O3/c1-18-11-16(22-15(18)21)7-8-19(12-16)10-14(20)17-9-13-5-3-2-4-6-13/h2-6H,7-12H2,1H3,(H,17,20)/t16-/m0/s1. The van der Waals surface area contributed by atoms with E-state index in [9.17, 15) is 9.59 Å². The molecule has 2 heterocycles. The molecule has 2 saturated heterocycles. The van der Waals surface area contributed by atoms with Crippen molar-refractivity contribution in [3.63, 3.8) is 0 Å². The molecule has 6 heteroatoms. The fourth-order valence-electron chi connectivity index (χ4n) is 3.12. The summed E-state index contributed by atoms with van der Waals surface area (Å²) in [5, 5.41) is 2.92. The van der Waals surface area contributed by atoms with Crippen LogP contribution in [0.15, 0.2) is 30.3 Å². The second-order valence-electron chi connectivity index (χ2n) is 6.13. The van der Waals surface area contributed by atoms with Gasteiger partial charge in [-0.3, -0.25) is 9.69 Å². The lowest BCUT2D eigenvalue weighted by Gasteiger charge is -2.21. The van der Waals surface area contributed by atoms with Crippen LogP contribution in [0.1, 0.15) is 12.0 Å². The van der Waals surface area contributed by atoms with Gasteiger partial charge < -0.3 is 15.0 Å². The number of nitrogens with one attached hydrogen (secondary N) is 1. The van der Waals surface area contributed by atoms with Crippen molar-refractivity contribution in [2.45, 2.75) is 18.6 Å². The quantitative estimate of drug-likeness (QED) is 0.895. The number of rotatable bonds is 4. The Morgan fingerprint density at radius 2 is 2.09 bits per heavy atom. The maximum absolute atomic E-state index is 12.0. The van der Waals surface area contributed by atoms with Crippen molar-refractivity contribution < 1.29 is 14.3 Å². The van der Waals surface area contributed by atoms with Crippen LogP contribution < -0.4 is 5.32 Å². The summed E-state index contributed by atoms with van der Waals surface area (Å²) in [7, 11) is 1.74. The van der Waals surface area contributed by atoms with E-state index in [-0.39, 0.29) is 12.0 Å². The fraction of sp³-hybridized carbons (Fsp3) is 0.500. The van der Waals surface area contributed by atoms with E-state index >= 15 is 0 Å². The Kier molecular flexibility index (Phi) is 4.02. The van der Waals surface area contributed by atoms with E-state index in [1.807, 2.05) is 35.2 Å². The minimum Gasteiger partial charge on any atom is -0.439 e. The van der Waals surface area contributed by atoms with Gasteiger partial charge in [0.2, 0.25) is 5.91 Å². The second-order valence-corrected chi connectivity index (χ2v) is 6.13. The van der Waals surface area contributed by atoms with Gasteiger partial charge in [0, 0.05) is 33.1 Å². The van der Waals surface area contributed by atoms with Crippen molar-refractivity contribution in [3.8, 4) is 0 Å². The molecule has 1 N–H and O–H groups in total. The number of likely N-dealkylation sites (N-methyl/N-ethyl adjacent to an activating group) is 1.